The third-order valence-electron chi connectivity index (χ3n) is 3.76. The average Bonchev–Trinajstić information content (AvgIpc) is 2.77. The Balaban J connectivity index is 2.07. The van der Waals surface area contributed by atoms with Crippen LogP contribution in [-0.2, 0) is 0 Å². The normalized spacial score (nSPS) is 14.7. The monoisotopic (exact) mass is 293 g/mol. The summed E-state index contributed by atoms with van der Waals surface area (Å²) in [6.07, 6.45) is 5.66. The van der Waals surface area contributed by atoms with E-state index in [1.807, 2.05) is 6.07 Å². The SMILES string of the molecule is C=CCNC(=O)c1sc(N(CC)CC2CCC2)cc1N. The molecule has 0 bridgehead atoms. The minimum atomic E-state index is -0.113. The summed E-state index contributed by atoms with van der Waals surface area (Å²) < 4.78 is 0. The molecule has 3 N–H and O–H groups in total. The Morgan fingerprint density at radius 2 is 2.40 bits per heavy atom. The van der Waals surface area contributed by atoms with Crippen LogP contribution in [0.5, 0.6) is 0 Å². The molecular formula is C15H23N3OS. The molecule has 1 aliphatic rings. The predicted molar refractivity (Wildman–Crippen MR) is 86.5 cm³/mol. The third-order valence-corrected chi connectivity index (χ3v) is 4.97. The number of thiophene rings is 1. The van der Waals surface area contributed by atoms with E-state index in [1.54, 1.807) is 6.08 Å². The van der Waals surface area contributed by atoms with Gasteiger partial charge < -0.3 is 16.0 Å². The van der Waals surface area contributed by atoms with Crippen molar-refractivity contribution in [2.75, 3.05) is 30.3 Å². The first-order chi connectivity index (χ1) is 9.65. The van der Waals surface area contributed by atoms with E-state index in [0.29, 0.717) is 17.1 Å². The molecule has 0 atom stereocenters. The van der Waals surface area contributed by atoms with Gasteiger partial charge in [0, 0.05) is 19.6 Å². The zero-order valence-corrected chi connectivity index (χ0v) is 12.8. The number of hydrogen-bond donors (Lipinski definition) is 2. The van der Waals surface area contributed by atoms with E-state index in [9.17, 15) is 4.79 Å². The van der Waals surface area contributed by atoms with E-state index in [4.69, 9.17) is 5.73 Å². The second-order valence-corrected chi connectivity index (χ2v) is 6.23. The molecule has 1 aliphatic carbocycles. The van der Waals surface area contributed by atoms with Gasteiger partial charge in [-0.2, -0.15) is 0 Å². The highest BCUT2D eigenvalue weighted by atomic mass is 32.1. The molecule has 1 aromatic rings. The lowest BCUT2D eigenvalue weighted by Gasteiger charge is -2.32. The fourth-order valence-electron chi connectivity index (χ4n) is 2.33. The van der Waals surface area contributed by atoms with Crippen molar-refractivity contribution < 1.29 is 4.79 Å². The molecule has 0 unspecified atom stereocenters. The summed E-state index contributed by atoms with van der Waals surface area (Å²) in [7, 11) is 0. The van der Waals surface area contributed by atoms with Crippen LogP contribution >= 0.6 is 11.3 Å². The van der Waals surface area contributed by atoms with E-state index in [-0.39, 0.29) is 5.91 Å². The van der Waals surface area contributed by atoms with Crippen LogP contribution in [0.2, 0.25) is 0 Å². The predicted octanol–water partition coefficient (Wildman–Crippen LogP) is 2.87. The van der Waals surface area contributed by atoms with Gasteiger partial charge in [-0.25, -0.2) is 0 Å². The van der Waals surface area contributed by atoms with Crippen molar-refractivity contribution in [1.29, 1.82) is 0 Å². The van der Waals surface area contributed by atoms with Crippen LogP contribution in [0.15, 0.2) is 18.7 Å². The van der Waals surface area contributed by atoms with Crippen LogP contribution in [0.1, 0.15) is 35.9 Å². The van der Waals surface area contributed by atoms with Crippen molar-refractivity contribution >= 4 is 27.9 Å². The topological polar surface area (TPSA) is 58.4 Å². The summed E-state index contributed by atoms with van der Waals surface area (Å²) >= 11 is 1.48. The first-order valence-electron chi connectivity index (χ1n) is 7.19. The Morgan fingerprint density at radius 3 is 2.95 bits per heavy atom. The Bertz CT molecular complexity index is 479. The van der Waals surface area contributed by atoms with Crippen LogP contribution in [0, 0.1) is 5.92 Å². The van der Waals surface area contributed by atoms with Gasteiger partial charge in [0.2, 0.25) is 0 Å². The van der Waals surface area contributed by atoms with Crippen molar-refractivity contribution in [3.05, 3.63) is 23.6 Å². The lowest BCUT2D eigenvalue weighted by atomic mass is 9.85. The minimum absolute atomic E-state index is 0.113. The molecule has 0 aromatic carbocycles. The fourth-order valence-corrected chi connectivity index (χ4v) is 3.40. The molecule has 20 heavy (non-hydrogen) atoms. The summed E-state index contributed by atoms with van der Waals surface area (Å²) in [5, 5.41) is 3.88. The smallest absolute Gasteiger partial charge is 0.263 e. The molecule has 0 saturated heterocycles. The molecule has 1 aromatic heterocycles. The van der Waals surface area contributed by atoms with Gasteiger partial charge in [-0.3, -0.25) is 4.79 Å². The largest absolute Gasteiger partial charge is 0.397 e. The van der Waals surface area contributed by atoms with Crippen molar-refractivity contribution in [1.82, 2.24) is 5.32 Å². The highest BCUT2D eigenvalue weighted by molar-refractivity contribution is 7.18. The summed E-state index contributed by atoms with van der Waals surface area (Å²) in [5.41, 5.74) is 6.55. The molecule has 5 heteroatoms. The van der Waals surface area contributed by atoms with Gasteiger partial charge in [0.15, 0.2) is 0 Å². The van der Waals surface area contributed by atoms with Gasteiger partial charge >= 0.3 is 0 Å². The summed E-state index contributed by atoms with van der Waals surface area (Å²) in [6.45, 7) is 8.22. The molecule has 110 valence electrons. The van der Waals surface area contributed by atoms with Gasteiger partial charge in [-0.1, -0.05) is 12.5 Å². The molecule has 1 fully saturated rings. The number of nitrogens with zero attached hydrogens (tertiary/aromatic N) is 1. The summed E-state index contributed by atoms with van der Waals surface area (Å²) in [6, 6.07) is 1.93. The number of carbonyl (C=O) groups is 1. The minimum Gasteiger partial charge on any atom is -0.397 e. The number of nitrogens with one attached hydrogen (secondary N) is 1. The lowest BCUT2D eigenvalue weighted by molar-refractivity contribution is 0.0963. The summed E-state index contributed by atoms with van der Waals surface area (Å²) in [5.74, 6) is 0.690. The van der Waals surface area contributed by atoms with Crippen molar-refractivity contribution in [2.45, 2.75) is 26.2 Å². The first-order valence-corrected chi connectivity index (χ1v) is 8.00. The van der Waals surface area contributed by atoms with Crippen molar-refractivity contribution in [3.63, 3.8) is 0 Å². The highest BCUT2D eigenvalue weighted by Crippen LogP contribution is 2.35. The van der Waals surface area contributed by atoms with Gasteiger partial charge in [-0.15, -0.1) is 17.9 Å². The second kappa shape index (κ2) is 6.79. The van der Waals surface area contributed by atoms with Crippen LogP contribution in [0.25, 0.3) is 0 Å². The Hall–Kier alpha value is -1.49. The van der Waals surface area contributed by atoms with E-state index in [1.165, 1.54) is 30.6 Å². The van der Waals surface area contributed by atoms with Crippen LogP contribution in [-0.4, -0.2) is 25.5 Å². The summed E-state index contributed by atoms with van der Waals surface area (Å²) in [4.78, 5) is 14.9. The van der Waals surface area contributed by atoms with Gasteiger partial charge in [0.25, 0.3) is 5.91 Å². The van der Waals surface area contributed by atoms with E-state index < -0.39 is 0 Å². The Labute approximate surface area is 124 Å². The standard InChI is InChI=1S/C15H23N3OS/c1-3-8-17-15(19)14-12(16)9-13(20-14)18(4-2)10-11-6-5-7-11/h3,9,11H,1,4-8,10,16H2,2H3,(H,17,19). The quantitative estimate of drug-likeness (QED) is 0.760. The molecule has 0 radical (unpaired) electrons. The maximum absolute atomic E-state index is 12.0. The fraction of sp³-hybridized carbons (Fsp3) is 0.533. The lowest BCUT2D eigenvalue weighted by Crippen LogP contribution is -2.31. The second-order valence-electron chi connectivity index (χ2n) is 5.20. The third kappa shape index (κ3) is 3.33. The van der Waals surface area contributed by atoms with E-state index in [0.717, 1.165) is 24.0 Å². The zero-order chi connectivity index (χ0) is 14.5. The molecule has 0 aliphatic heterocycles. The maximum atomic E-state index is 12.0. The Morgan fingerprint density at radius 1 is 1.65 bits per heavy atom. The molecule has 1 saturated carbocycles. The molecule has 2 rings (SSSR count). The van der Waals surface area contributed by atoms with Gasteiger partial charge in [-0.05, 0) is 31.7 Å². The van der Waals surface area contributed by atoms with Crippen LogP contribution in [0.4, 0.5) is 10.7 Å². The number of carbonyl (C=O) groups excluding carboxylic acids is 1. The highest BCUT2D eigenvalue weighted by Gasteiger charge is 2.22. The van der Waals surface area contributed by atoms with E-state index >= 15 is 0 Å². The molecular weight excluding hydrogens is 270 g/mol. The van der Waals surface area contributed by atoms with Crippen LogP contribution < -0.4 is 16.0 Å². The molecule has 4 nitrogen and oxygen atoms in total. The van der Waals surface area contributed by atoms with Gasteiger partial charge in [0.1, 0.15) is 4.88 Å². The molecule has 1 amide bonds. The van der Waals surface area contributed by atoms with Crippen molar-refractivity contribution in [2.24, 2.45) is 5.92 Å². The van der Waals surface area contributed by atoms with Crippen molar-refractivity contribution in [3.8, 4) is 0 Å². The number of nitrogens with two attached hydrogens (primary N) is 1. The van der Waals surface area contributed by atoms with Crippen LogP contribution in [0.3, 0.4) is 0 Å². The zero-order valence-electron chi connectivity index (χ0n) is 12.0. The average molecular weight is 293 g/mol. The maximum Gasteiger partial charge on any atom is 0.263 e. The number of anilines is 2. The van der Waals surface area contributed by atoms with E-state index in [2.05, 4.69) is 23.7 Å². The number of amides is 1. The molecule has 0 spiro atoms. The Kier molecular flexibility index (Phi) is 5.06. The molecule has 1 heterocycles. The van der Waals surface area contributed by atoms with Gasteiger partial charge in [0.05, 0.1) is 10.7 Å². The number of rotatable bonds is 7. The number of nitrogen functional groups attached to an aromatic ring is 1. The first kappa shape index (κ1) is 14.9. The number of hydrogen-bond acceptors (Lipinski definition) is 4.